The van der Waals surface area contributed by atoms with Gasteiger partial charge in [0.15, 0.2) is 0 Å². The zero-order valence-corrected chi connectivity index (χ0v) is 15.0. The van der Waals surface area contributed by atoms with Gasteiger partial charge in [0, 0.05) is 18.5 Å². The number of piperidine rings is 1. The first-order valence-corrected chi connectivity index (χ1v) is 9.41. The first kappa shape index (κ1) is 16.3. The van der Waals surface area contributed by atoms with Gasteiger partial charge >= 0.3 is 0 Å². The SMILES string of the molecule is Cc1nn(Cc2ccccc2)c2sc(C(=O)N3CCC(O)CC3)cc12. The van der Waals surface area contributed by atoms with Crippen LogP contribution in [0.2, 0.25) is 0 Å². The van der Waals surface area contributed by atoms with E-state index >= 15 is 0 Å². The number of amides is 1. The van der Waals surface area contributed by atoms with Crippen LogP contribution < -0.4 is 0 Å². The van der Waals surface area contributed by atoms with Crippen molar-refractivity contribution in [1.82, 2.24) is 14.7 Å². The predicted molar refractivity (Wildman–Crippen MR) is 99.0 cm³/mol. The number of nitrogens with zero attached hydrogens (tertiary/aromatic N) is 3. The Morgan fingerprint density at radius 3 is 2.72 bits per heavy atom. The molecule has 0 bridgehead atoms. The lowest BCUT2D eigenvalue weighted by molar-refractivity contribution is 0.0551. The molecule has 1 N–H and O–H groups in total. The largest absolute Gasteiger partial charge is 0.393 e. The van der Waals surface area contributed by atoms with E-state index in [1.165, 1.54) is 16.9 Å². The van der Waals surface area contributed by atoms with E-state index in [1.54, 1.807) is 0 Å². The summed E-state index contributed by atoms with van der Waals surface area (Å²) in [6.45, 7) is 3.95. The number of carbonyl (C=O) groups is 1. The molecule has 1 fully saturated rings. The Morgan fingerprint density at radius 2 is 2.00 bits per heavy atom. The van der Waals surface area contributed by atoms with Crippen LogP contribution in [0.15, 0.2) is 36.4 Å². The number of carbonyl (C=O) groups excluding carboxylic acids is 1. The lowest BCUT2D eigenvalue weighted by atomic mass is 10.1. The summed E-state index contributed by atoms with van der Waals surface area (Å²) in [7, 11) is 0. The predicted octanol–water partition coefficient (Wildman–Crippen LogP) is 3.05. The maximum Gasteiger partial charge on any atom is 0.264 e. The second-order valence-electron chi connectivity index (χ2n) is 6.58. The molecule has 0 saturated carbocycles. The topological polar surface area (TPSA) is 58.4 Å². The summed E-state index contributed by atoms with van der Waals surface area (Å²) in [6.07, 6.45) is 1.06. The molecule has 1 aromatic carbocycles. The van der Waals surface area contributed by atoms with E-state index in [1.807, 2.05) is 40.8 Å². The summed E-state index contributed by atoms with van der Waals surface area (Å²) in [5.41, 5.74) is 2.15. The highest BCUT2D eigenvalue weighted by Crippen LogP contribution is 2.30. The third-order valence-electron chi connectivity index (χ3n) is 4.75. The van der Waals surface area contributed by atoms with Crippen LogP contribution in [0, 0.1) is 6.92 Å². The molecule has 1 amide bonds. The first-order valence-electron chi connectivity index (χ1n) is 8.60. The number of thiophene rings is 1. The van der Waals surface area contributed by atoms with Crippen LogP contribution >= 0.6 is 11.3 Å². The van der Waals surface area contributed by atoms with Gasteiger partial charge in [0.2, 0.25) is 0 Å². The maximum absolute atomic E-state index is 12.8. The molecule has 130 valence electrons. The molecule has 0 aliphatic carbocycles. The van der Waals surface area contributed by atoms with E-state index in [0.717, 1.165) is 20.8 Å². The molecule has 0 spiro atoms. The minimum atomic E-state index is -0.270. The van der Waals surface area contributed by atoms with Gasteiger partial charge in [0.1, 0.15) is 4.83 Å². The third kappa shape index (κ3) is 3.19. The van der Waals surface area contributed by atoms with Crippen LogP contribution in [0.1, 0.15) is 33.8 Å². The lowest BCUT2D eigenvalue weighted by Gasteiger charge is -2.29. The minimum absolute atomic E-state index is 0.0683. The molecule has 0 radical (unpaired) electrons. The van der Waals surface area contributed by atoms with Crippen molar-refractivity contribution in [3.63, 3.8) is 0 Å². The second-order valence-corrected chi connectivity index (χ2v) is 7.61. The van der Waals surface area contributed by atoms with E-state index in [4.69, 9.17) is 0 Å². The number of hydrogen-bond donors (Lipinski definition) is 1. The van der Waals surface area contributed by atoms with Crippen molar-refractivity contribution in [2.24, 2.45) is 0 Å². The second kappa shape index (κ2) is 6.61. The summed E-state index contributed by atoms with van der Waals surface area (Å²) < 4.78 is 1.99. The molecular weight excluding hydrogens is 334 g/mol. The van der Waals surface area contributed by atoms with E-state index < -0.39 is 0 Å². The van der Waals surface area contributed by atoms with Crippen molar-refractivity contribution in [3.05, 3.63) is 52.5 Å². The molecule has 0 atom stereocenters. The average molecular weight is 355 g/mol. The molecule has 4 rings (SSSR count). The molecule has 25 heavy (non-hydrogen) atoms. The molecule has 5 nitrogen and oxygen atoms in total. The first-order chi connectivity index (χ1) is 12.1. The summed E-state index contributed by atoms with van der Waals surface area (Å²) in [5, 5.41) is 15.3. The number of likely N-dealkylation sites (tertiary alicyclic amines) is 1. The standard InChI is InChI=1S/C19H21N3O2S/c1-13-16-11-17(18(24)21-9-7-15(23)8-10-21)25-19(16)22(20-13)12-14-5-3-2-4-6-14/h2-6,11,15,23H,7-10,12H2,1H3. The molecule has 3 aromatic rings. The van der Waals surface area contributed by atoms with Crippen molar-refractivity contribution in [3.8, 4) is 0 Å². The maximum atomic E-state index is 12.8. The smallest absolute Gasteiger partial charge is 0.264 e. The summed E-state index contributed by atoms with van der Waals surface area (Å²) in [5.74, 6) is 0.0683. The summed E-state index contributed by atoms with van der Waals surface area (Å²) in [6, 6.07) is 12.2. The number of aryl methyl sites for hydroxylation is 1. The molecule has 3 heterocycles. The van der Waals surface area contributed by atoms with E-state index in [9.17, 15) is 9.90 Å². The van der Waals surface area contributed by atoms with Crippen LogP contribution in [0.4, 0.5) is 0 Å². The van der Waals surface area contributed by atoms with Crippen LogP contribution in [0.25, 0.3) is 10.2 Å². The molecule has 6 heteroatoms. The van der Waals surface area contributed by atoms with Gasteiger partial charge in [-0.3, -0.25) is 9.48 Å². The van der Waals surface area contributed by atoms with Crippen LogP contribution in [-0.4, -0.2) is 44.9 Å². The van der Waals surface area contributed by atoms with Gasteiger partial charge in [-0.1, -0.05) is 30.3 Å². The number of benzene rings is 1. The fraction of sp³-hybridized carbons (Fsp3) is 0.368. The van der Waals surface area contributed by atoms with Crippen molar-refractivity contribution >= 4 is 27.5 Å². The summed E-state index contributed by atoms with van der Waals surface area (Å²) >= 11 is 1.51. The van der Waals surface area contributed by atoms with Gasteiger partial charge in [0.05, 0.1) is 23.2 Å². The zero-order chi connectivity index (χ0) is 17.4. The zero-order valence-electron chi connectivity index (χ0n) is 14.2. The molecule has 1 aliphatic rings. The van der Waals surface area contributed by atoms with Gasteiger partial charge in [-0.05, 0) is 31.4 Å². The Hall–Kier alpha value is -2.18. The van der Waals surface area contributed by atoms with Crippen LogP contribution in [-0.2, 0) is 6.54 Å². The van der Waals surface area contributed by atoms with Crippen LogP contribution in [0.3, 0.4) is 0 Å². The van der Waals surface area contributed by atoms with Crippen molar-refractivity contribution in [2.75, 3.05) is 13.1 Å². The average Bonchev–Trinajstić information content (AvgIpc) is 3.18. The monoisotopic (exact) mass is 355 g/mol. The summed E-state index contributed by atoms with van der Waals surface area (Å²) in [4.78, 5) is 16.4. The molecule has 2 aromatic heterocycles. The Bertz CT molecular complexity index is 892. The van der Waals surface area contributed by atoms with Gasteiger partial charge in [-0.25, -0.2) is 0 Å². The van der Waals surface area contributed by atoms with Gasteiger partial charge in [-0.2, -0.15) is 5.10 Å². The number of fused-ring (bicyclic) bond motifs is 1. The molecule has 1 saturated heterocycles. The van der Waals surface area contributed by atoms with E-state index in [-0.39, 0.29) is 12.0 Å². The number of aliphatic hydroxyl groups excluding tert-OH is 1. The van der Waals surface area contributed by atoms with Gasteiger partial charge < -0.3 is 10.0 Å². The quantitative estimate of drug-likeness (QED) is 0.786. The van der Waals surface area contributed by atoms with Crippen molar-refractivity contribution < 1.29 is 9.90 Å². The third-order valence-corrected chi connectivity index (χ3v) is 5.88. The van der Waals surface area contributed by atoms with Crippen LogP contribution in [0.5, 0.6) is 0 Å². The Morgan fingerprint density at radius 1 is 1.28 bits per heavy atom. The highest BCUT2D eigenvalue weighted by Gasteiger charge is 2.25. The molecular formula is C19H21N3O2S. The Kier molecular flexibility index (Phi) is 4.31. The van der Waals surface area contributed by atoms with E-state index in [0.29, 0.717) is 32.5 Å². The van der Waals surface area contributed by atoms with E-state index in [2.05, 4.69) is 17.2 Å². The van der Waals surface area contributed by atoms with Gasteiger partial charge in [0.25, 0.3) is 5.91 Å². The fourth-order valence-electron chi connectivity index (χ4n) is 3.31. The number of aromatic nitrogens is 2. The minimum Gasteiger partial charge on any atom is -0.393 e. The normalized spacial score (nSPS) is 15.8. The molecule has 0 unspecified atom stereocenters. The van der Waals surface area contributed by atoms with Crippen molar-refractivity contribution in [1.29, 1.82) is 0 Å². The molecule has 1 aliphatic heterocycles. The Labute approximate surface area is 150 Å². The number of rotatable bonds is 3. The highest BCUT2D eigenvalue weighted by molar-refractivity contribution is 7.20. The Balaban J connectivity index is 1.62. The van der Waals surface area contributed by atoms with Gasteiger partial charge in [-0.15, -0.1) is 11.3 Å². The fourth-order valence-corrected chi connectivity index (χ4v) is 4.44. The van der Waals surface area contributed by atoms with Crippen molar-refractivity contribution in [2.45, 2.75) is 32.4 Å². The number of aliphatic hydroxyl groups is 1. The number of hydrogen-bond acceptors (Lipinski definition) is 4. The lowest BCUT2D eigenvalue weighted by Crippen LogP contribution is -2.39. The highest BCUT2D eigenvalue weighted by atomic mass is 32.1.